The van der Waals surface area contributed by atoms with Crippen LogP contribution in [0.15, 0.2) is 28.5 Å². The van der Waals surface area contributed by atoms with Crippen LogP contribution in [-0.4, -0.2) is 56.6 Å². The van der Waals surface area contributed by atoms with Crippen LogP contribution in [0.4, 0.5) is 5.82 Å². The fourth-order valence-electron chi connectivity index (χ4n) is 4.48. The Morgan fingerprint density at radius 1 is 1.29 bits per heavy atom. The van der Waals surface area contributed by atoms with Gasteiger partial charge in [-0.2, -0.15) is 0 Å². The fraction of sp³-hybridized carbons (Fsp3) is 0.417. The molecule has 176 valence electrons. The molecule has 2 aliphatic rings. The molecular formula is C24H26N6O3S. The third kappa shape index (κ3) is 4.35. The van der Waals surface area contributed by atoms with E-state index in [1.165, 1.54) is 18.1 Å². The van der Waals surface area contributed by atoms with E-state index in [2.05, 4.69) is 20.5 Å². The molecule has 9 nitrogen and oxygen atoms in total. The summed E-state index contributed by atoms with van der Waals surface area (Å²) in [7, 11) is 0. The second-order valence-electron chi connectivity index (χ2n) is 8.48. The Morgan fingerprint density at radius 3 is 2.85 bits per heavy atom. The summed E-state index contributed by atoms with van der Waals surface area (Å²) in [5, 5.41) is 0.731. The summed E-state index contributed by atoms with van der Waals surface area (Å²) >= 11 is 1.45. The molecule has 1 unspecified atom stereocenters. The van der Waals surface area contributed by atoms with Gasteiger partial charge in [0.25, 0.3) is 0 Å². The maximum Gasteiger partial charge on any atom is 0.219 e. The number of terminal acetylenes is 1. The number of amides is 1. The number of aryl methyl sites for hydroxylation is 1. The van der Waals surface area contributed by atoms with Crippen LogP contribution >= 0.6 is 11.8 Å². The summed E-state index contributed by atoms with van der Waals surface area (Å²) in [5.41, 5.74) is 8.08. The van der Waals surface area contributed by atoms with Gasteiger partial charge in [-0.3, -0.25) is 4.79 Å². The number of hydrogen-bond acceptors (Lipinski definition) is 8. The molecule has 2 aromatic heterocycles. The van der Waals surface area contributed by atoms with E-state index < -0.39 is 0 Å². The van der Waals surface area contributed by atoms with E-state index in [1.54, 1.807) is 6.92 Å². The largest absolute Gasteiger partial charge is 0.486 e. The van der Waals surface area contributed by atoms with Crippen molar-refractivity contribution in [2.24, 2.45) is 5.92 Å². The van der Waals surface area contributed by atoms with Crippen molar-refractivity contribution >= 4 is 34.7 Å². The van der Waals surface area contributed by atoms with Crippen LogP contribution in [0.2, 0.25) is 0 Å². The molecule has 0 saturated carbocycles. The molecule has 1 saturated heterocycles. The third-order valence-corrected chi connectivity index (χ3v) is 7.30. The number of aromatic nitrogens is 4. The molecule has 2 aliphatic heterocycles. The number of anilines is 1. The molecule has 0 bridgehead atoms. The highest BCUT2D eigenvalue weighted by molar-refractivity contribution is 7.99. The first-order valence-electron chi connectivity index (χ1n) is 11.3. The van der Waals surface area contributed by atoms with Gasteiger partial charge in [0.2, 0.25) is 5.91 Å². The molecule has 1 fully saturated rings. The van der Waals surface area contributed by atoms with Crippen molar-refractivity contribution in [2.75, 3.05) is 32.0 Å². The second-order valence-corrected chi connectivity index (χ2v) is 9.49. The first-order valence-corrected chi connectivity index (χ1v) is 12.2. The minimum absolute atomic E-state index is 0.134. The van der Waals surface area contributed by atoms with Crippen molar-refractivity contribution in [3.05, 3.63) is 24.0 Å². The summed E-state index contributed by atoms with van der Waals surface area (Å²) in [6.07, 6.45) is 10.3. The maximum atomic E-state index is 11.9. The van der Waals surface area contributed by atoms with Crippen molar-refractivity contribution in [3.63, 3.8) is 0 Å². The minimum atomic E-state index is 0.134. The van der Waals surface area contributed by atoms with E-state index in [4.69, 9.17) is 26.6 Å². The van der Waals surface area contributed by atoms with Crippen molar-refractivity contribution in [1.29, 1.82) is 0 Å². The lowest BCUT2D eigenvalue weighted by molar-refractivity contribution is -0.130. The standard InChI is InChI=1S/C24H26N6O3S/c1-3-17-11-18-19(33-10-9-32-18)12-20(17)34-24-28-21-22(25)26-14-27-23(21)30(24)8-6-16-5-4-7-29(13-16)15(2)31/h1,11-12,14,16H,4-10,13H2,2H3,(H2,25,26,27). The normalized spacial score (nSPS) is 17.5. The molecule has 1 aromatic carbocycles. The van der Waals surface area contributed by atoms with Gasteiger partial charge in [0.15, 0.2) is 33.6 Å². The Morgan fingerprint density at radius 2 is 2.09 bits per heavy atom. The van der Waals surface area contributed by atoms with Gasteiger partial charge in [0.1, 0.15) is 19.5 Å². The number of rotatable bonds is 5. The van der Waals surface area contributed by atoms with Gasteiger partial charge in [0, 0.05) is 43.1 Å². The Bertz CT molecular complexity index is 1280. The highest BCUT2D eigenvalue weighted by atomic mass is 32.2. The van der Waals surface area contributed by atoms with Gasteiger partial charge in [-0.15, -0.1) is 6.42 Å². The van der Waals surface area contributed by atoms with Crippen molar-refractivity contribution < 1.29 is 14.3 Å². The summed E-state index contributed by atoms with van der Waals surface area (Å²) in [5.74, 6) is 4.96. The number of fused-ring (bicyclic) bond motifs is 2. The second kappa shape index (κ2) is 9.43. The molecule has 2 N–H and O–H groups in total. The zero-order valence-electron chi connectivity index (χ0n) is 19.0. The molecular weight excluding hydrogens is 452 g/mol. The SMILES string of the molecule is C#Cc1cc2c(cc1Sc1nc3c(N)ncnc3n1CCC1CCCN(C(C)=O)C1)OCCO2. The average molecular weight is 479 g/mol. The highest BCUT2D eigenvalue weighted by Gasteiger charge is 2.24. The van der Waals surface area contributed by atoms with Gasteiger partial charge in [0.05, 0.1) is 0 Å². The Labute approximate surface area is 202 Å². The lowest BCUT2D eigenvalue weighted by Crippen LogP contribution is -2.38. The molecule has 4 heterocycles. The molecule has 3 aromatic rings. The van der Waals surface area contributed by atoms with E-state index >= 15 is 0 Å². The maximum absolute atomic E-state index is 11.9. The van der Waals surface area contributed by atoms with Crippen molar-refractivity contribution in [2.45, 2.75) is 42.8 Å². The predicted molar refractivity (Wildman–Crippen MR) is 129 cm³/mol. The summed E-state index contributed by atoms with van der Waals surface area (Å²) < 4.78 is 13.5. The van der Waals surface area contributed by atoms with Crippen LogP contribution in [0.25, 0.3) is 11.2 Å². The fourth-order valence-corrected chi connectivity index (χ4v) is 5.49. The molecule has 1 atom stereocenters. The predicted octanol–water partition coefficient (Wildman–Crippen LogP) is 2.96. The monoisotopic (exact) mass is 478 g/mol. The molecule has 34 heavy (non-hydrogen) atoms. The number of nitrogens with zero attached hydrogens (tertiary/aromatic N) is 5. The molecule has 0 aliphatic carbocycles. The zero-order chi connectivity index (χ0) is 23.7. The summed E-state index contributed by atoms with van der Waals surface area (Å²) in [6.45, 7) is 4.95. The lowest BCUT2D eigenvalue weighted by Gasteiger charge is -2.32. The van der Waals surface area contributed by atoms with Crippen LogP contribution in [-0.2, 0) is 11.3 Å². The number of nitrogen functional groups attached to an aromatic ring is 1. The van der Waals surface area contributed by atoms with Gasteiger partial charge in [-0.05, 0) is 31.2 Å². The Balaban J connectivity index is 1.46. The lowest BCUT2D eigenvalue weighted by atomic mass is 9.95. The number of nitrogens with two attached hydrogens (primary N) is 1. The van der Waals surface area contributed by atoms with E-state index in [9.17, 15) is 4.79 Å². The molecule has 0 spiro atoms. The number of carbonyl (C=O) groups is 1. The highest BCUT2D eigenvalue weighted by Crippen LogP contribution is 2.40. The number of ether oxygens (including phenoxy) is 2. The molecule has 0 radical (unpaired) electrons. The van der Waals surface area contributed by atoms with Crippen molar-refractivity contribution in [3.8, 4) is 23.8 Å². The zero-order valence-corrected chi connectivity index (χ0v) is 19.8. The van der Waals surface area contributed by atoms with E-state index in [1.807, 2.05) is 17.0 Å². The molecule has 5 rings (SSSR count). The van der Waals surface area contributed by atoms with Crippen LogP contribution in [0, 0.1) is 18.3 Å². The Hall–Kier alpha value is -3.45. The topological polar surface area (TPSA) is 108 Å². The number of carbonyl (C=O) groups excluding carboxylic acids is 1. The number of likely N-dealkylation sites (tertiary alicyclic amines) is 1. The number of benzene rings is 1. The van der Waals surface area contributed by atoms with Gasteiger partial charge < -0.3 is 24.7 Å². The van der Waals surface area contributed by atoms with Gasteiger partial charge in [-0.1, -0.05) is 17.7 Å². The number of piperidine rings is 1. The smallest absolute Gasteiger partial charge is 0.219 e. The first kappa shape index (κ1) is 22.3. The number of imidazole rings is 1. The minimum Gasteiger partial charge on any atom is -0.486 e. The quantitative estimate of drug-likeness (QED) is 0.558. The van der Waals surface area contributed by atoms with Crippen LogP contribution in [0.3, 0.4) is 0 Å². The molecule has 1 amide bonds. The van der Waals surface area contributed by atoms with Gasteiger partial charge >= 0.3 is 0 Å². The Kier molecular flexibility index (Phi) is 6.20. The first-order chi connectivity index (χ1) is 16.5. The number of hydrogen-bond donors (Lipinski definition) is 1. The van der Waals surface area contributed by atoms with E-state index in [0.717, 1.165) is 42.4 Å². The third-order valence-electron chi connectivity index (χ3n) is 6.25. The van der Waals surface area contributed by atoms with E-state index in [-0.39, 0.29) is 5.91 Å². The van der Waals surface area contributed by atoms with E-state index in [0.29, 0.717) is 59.7 Å². The van der Waals surface area contributed by atoms with Crippen molar-refractivity contribution in [1.82, 2.24) is 24.4 Å². The van der Waals surface area contributed by atoms with Crippen LogP contribution < -0.4 is 15.2 Å². The molecule has 10 heteroatoms. The average Bonchev–Trinajstić information content (AvgIpc) is 3.20. The van der Waals surface area contributed by atoms with Crippen LogP contribution in [0.1, 0.15) is 31.7 Å². The van der Waals surface area contributed by atoms with Crippen LogP contribution in [0.5, 0.6) is 11.5 Å². The summed E-state index contributed by atoms with van der Waals surface area (Å²) in [6, 6.07) is 3.73. The summed E-state index contributed by atoms with van der Waals surface area (Å²) in [4.78, 5) is 28.0. The van der Waals surface area contributed by atoms with Gasteiger partial charge in [-0.25, -0.2) is 15.0 Å².